The lowest BCUT2D eigenvalue weighted by Crippen LogP contribution is -2.17. The van der Waals surface area contributed by atoms with Gasteiger partial charge in [0.1, 0.15) is 0 Å². The zero-order valence-corrected chi connectivity index (χ0v) is 11.7. The van der Waals surface area contributed by atoms with Gasteiger partial charge < -0.3 is 0 Å². The topological polar surface area (TPSA) is 40.9 Å². The Hall–Kier alpha value is -1.36. The molecular weight excluding hydrogens is 234 g/mol. The summed E-state index contributed by atoms with van der Waals surface area (Å²) in [4.78, 5) is 11.8. The molecule has 0 aromatic rings. The van der Waals surface area contributed by atoms with Crippen LogP contribution in [0.25, 0.3) is 0 Å². The first kappa shape index (κ1) is 14.1. The number of unbranched alkanes of at least 4 members (excludes halogenated alkanes) is 2. The highest BCUT2D eigenvalue weighted by Gasteiger charge is 2.42. The summed E-state index contributed by atoms with van der Waals surface area (Å²) in [6.07, 6.45) is 14.1. The molecule has 1 saturated carbocycles. The summed E-state index contributed by atoms with van der Waals surface area (Å²) in [5, 5.41) is 8.93. The van der Waals surface area contributed by atoms with Crippen molar-refractivity contribution < 1.29 is 4.79 Å². The van der Waals surface area contributed by atoms with Crippen LogP contribution in [0.3, 0.4) is 0 Å². The Bertz CT molecular complexity index is 415. The van der Waals surface area contributed by atoms with Crippen molar-refractivity contribution in [3.63, 3.8) is 0 Å². The molecule has 1 fully saturated rings. The standard InChI is InChI=1S/C17H23NO/c1-2-3-4-5-15(19)8-9-16-13-6-7-14(12-13)17(16)10-11-18/h6-9,13-14,16-17H,2-5,10,12H2,1H3/t13-,14-,16?,17?/m0/s1. The number of carbonyl (C=O) groups is 1. The minimum absolute atomic E-state index is 0.246. The number of fused-ring (bicyclic) bond motifs is 2. The molecule has 2 rings (SSSR count). The molecule has 0 heterocycles. The van der Waals surface area contributed by atoms with Crippen LogP contribution in [0.5, 0.6) is 0 Å². The largest absolute Gasteiger partial charge is 0.295 e. The van der Waals surface area contributed by atoms with Crippen molar-refractivity contribution in [2.24, 2.45) is 23.7 Å². The molecule has 2 aliphatic carbocycles. The Morgan fingerprint density at radius 1 is 1.37 bits per heavy atom. The van der Waals surface area contributed by atoms with Crippen LogP contribution >= 0.6 is 0 Å². The monoisotopic (exact) mass is 257 g/mol. The van der Waals surface area contributed by atoms with Gasteiger partial charge in [0, 0.05) is 12.8 Å². The number of nitrogens with zero attached hydrogens (tertiary/aromatic N) is 1. The van der Waals surface area contributed by atoms with Gasteiger partial charge in [-0.2, -0.15) is 5.26 Å². The molecule has 2 aliphatic rings. The van der Waals surface area contributed by atoms with Gasteiger partial charge in [-0.1, -0.05) is 38.0 Å². The summed E-state index contributed by atoms with van der Waals surface area (Å²) in [7, 11) is 0. The summed E-state index contributed by atoms with van der Waals surface area (Å²) in [6.45, 7) is 2.15. The molecule has 2 heteroatoms. The molecule has 0 amide bonds. The molecule has 102 valence electrons. The van der Waals surface area contributed by atoms with Crippen molar-refractivity contribution in [3.05, 3.63) is 24.3 Å². The lowest BCUT2D eigenvalue weighted by Gasteiger charge is -2.23. The first-order chi connectivity index (χ1) is 9.26. The maximum Gasteiger partial charge on any atom is 0.155 e. The normalized spacial score (nSPS) is 32.0. The summed E-state index contributed by atoms with van der Waals surface area (Å²) in [5.74, 6) is 2.21. The van der Waals surface area contributed by atoms with Gasteiger partial charge in [-0.25, -0.2) is 0 Å². The maximum atomic E-state index is 11.8. The van der Waals surface area contributed by atoms with Crippen molar-refractivity contribution >= 4 is 5.78 Å². The summed E-state index contributed by atoms with van der Waals surface area (Å²) in [6, 6.07) is 2.30. The second-order valence-corrected chi connectivity index (χ2v) is 5.83. The molecule has 2 nitrogen and oxygen atoms in total. The Labute approximate surface area is 116 Å². The molecule has 19 heavy (non-hydrogen) atoms. The van der Waals surface area contributed by atoms with E-state index >= 15 is 0 Å². The molecule has 0 saturated heterocycles. The van der Waals surface area contributed by atoms with Gasteiger partial charge in [0.2, 0.25) is 0 Å². The summed E-state index contributed by atoms with van der Waals surface area (Å²) < 4.78 is 0. The minimum Gasteiger partial charge on any atom is -0.295 e. The first-order valence-corrected chi connectivity index (χ1v) is 7.52. The van der Waals surface area contributed by atoms with Crippen molar-refractivity contribution in [2.75, 3.05) is 0 Å². The second kappa shape index (κ2) is 6.70. The molecule has 2 unspecified atom stereocenters. The minimum atomic E-state index is 0.246. The molecular formula is C17H23NO. The van der Waals surface area contributed by atoms with Crippen LogP contribution in [0, 0.1) is 35.0 Å². The fraction of sp³-hybridized carbons (Fsp3) is 0.647. The van der Waals surface area contributed by atoms with Crippen LogP contribution in [0.1, 0.15) is 45.4 Å². The predicted molar refractivity (Wildman–Crippen MR) is 76.2 cm³/mol. The molecule has 0 spiro atoms. The number of nitriles is 1. The van der Waals surface area contributed by atoms with Crippen LogP contribution in [-0.2, 0) is 4.79 Å². The smallest absolute Gasteiger partial charge is 0.155 e. The maximum absolute atomic E-state index is 11.8. The molecule has 0 aromatic carbocycles. The highest BCUT2D eigenvalue weighted by atomic mass is 16.1. The van der Waals surface area contributed by atoms with E-state index in [1.165, 1.54) is 6.42 Å². The molecule has 0 aliphatic heterocycles. The Morgan fingerprint density at radius 2 is 2.16 bits per heavy atom. The van der Waals surface area contributed by atoms with E-state index in [4.69, 9.17) is 5.26 Å². The number of hydrogen-bond donors (Lipinski definition) is 0. The van der Waals surface area contributed by atoms with Gasteiger partial charge in [0.05, 0.1) is 6.07 Å². The van der Waals surface area contributed by atoms with Gasteiger partial charge in [-0.05, 0) is 42.6 Å². The fourth-order valence-corrected chi connectivity index (χ4v) is 3.49. The van der Waals surface area contributed by atoms with Gasteiger partial charge in [-0.3, -0.25) is 4.79 Å². The Balaban J connectivity index is 1.89. The van der Waals surface area contributed by atoms with Crippen molar-refractivity contribution in [3.8, 4) is 6.07 Å². The summed E-state index contributed by atoms with van der Waals surface area (Å²) in [5.41, 5.74) is 0. The molecule has 2 bridgehead atoms. The van der Waals surface area contributed by atoms with Crippen LogP contribution in [0.15, 0.2) is 24.3 Å². The zero-order valence-electron chi connectivity index (χ0n) is 11.7. The van der Waals surface area contributed by atoms with Crippen molar-refractivity contribution in [1.29, 1.82) is 5.26 Å². The Morgan fingerprint density at radius 3 is 2.89 bits per heavy atom. The SMILES string of the molecule is CCCCCC(=O)C=CC1C(CC#N)[C@H]2C=C[C@H]1C2. The van der Waals surface area contributed by atoms with Gasteiger partial charge in [-0.15, -0.1) is 0 Å². The lowest BCUT2D eigenvalue weighted by atomic mass is 9.81. The highest BCUT2D eigenvalue weighted by Crippen LogP contribution is 2.49. The van der Waals surface area contributed by atoms with E-state index in [2.05, 4.69) is 31.2 Å². The van der Waals surface area contributed by atoms with Gasteiger partial charge >= 0.3 is 0 Å². The number of carbonyl (C=O) groups excluding carboxylic acids is 1. The van der Waals surface area contributed by atoms with E-state index in [1.54, 1.807) is 6.08 Å². The average molecular weight is 257 g/mol. The van der Waals surface area contributed by atoms with E-state index in [9.17, 15) is 4.79 Å². The lowest BCUT2D eigenvalue weighted by molar-refractivity contribution is -0.114. The number of hydrogen-bond acceptors (Lipinski definition) is 2. The van der Waals surface area contributed by atoms with E-state index in [1.807, 2.05) is 0 Å². The average Bonchev–Trinajstić information content (AvgIpc) is 2.99. The number of allylic oxidation sites excluding steroid dienone is 4. The van der Waals surface area contributed by atoms with Crippen LogP contribution in [0.2, 0.25) is 0 Å². The van der Waals surface area contributed by atoms with E-state index in [0.717, 1.165) is 19.3 Å². The van der Waals surface area contributed by atoms with Crippen molar-refractivity contribution in [2.45, 2.75) is 45.4 Å². The molecule has 0 aromatic heterocycles. The van der Waals surface area contributed by atoms with Gasteiger partial charge in [0.15, 0.2) is 5.78 Å². The van der Waals surface area contributed by atoms with E-state index in [-0.39, 0.29) is 5.78 Å². The molecule has 0 N–H and O–H groups in total. The number of ketones is 1. The van der Waals surface area contributed by atoms with Crippen molar-refractivity contribution in [1.82, 2.24) is 0 Å². The Kier molecular flexibility index (Phi) is 4.96. The van der Waals surface area contributed by atoms with E-state index < -0.39 is 0 Å². The molecule has 4 atom stereocenters. The molecule has 0 radical (unpaired) electrons. The van der Waals surface area contributed by atoms with Crippen LogP contribution in [0.4, 0.5) is 0 Å². The first-order valence-electron chi connectivity index (χ1n) is 7.52. The summed E-state index contributed by atoms with van der Waals surface area (Å²) >= 11 is 0. The van der Waals surface area contributed by atoms with Crippen LogP contribution in [-0.4, -0.2) is 5.78 Å². The third-order valence-corrected chi connectivity index (χ3v) is 4.55. The van der Waals surface area contributed by atoms with E-state index in [0.29, 0.717) is 36.5 Å². The fourth-order valence-electron chi connectivity index (χ4n) is 3.49. The number of rotatable bonds is 7. The third-order valence-electron chi connectivity index (χ3n) is 4.55. The predicted octanol–water partition coefficient (Wildman–Crippen LogP) is 4.04. The quantitative estimate of drug-likeness (QED) is 0.392. The second-order valence-electron chi connectivity index (χ2n) is 5.83. The van der Waals surface area contributed by atoms with Crippen LogP contribution < -0.4 is 0 Å². The third kappa shape index (κ3) is 3.35. The van der Waals surface area contributed by atoms with Gasteiger partial charge in [0.25, 0.3) is 0 Å². The zero-order chi connectivity index (χ0) is 13.7. The highest BCUT2D eigenvalue weighted by molar-refractivity contribution is 5.89.